The van der Waals surface area contributed by atoms with Crippen molar-refractivity contribution in [2.45, 2.75) is 29.5 Å². The lowest BCUT2D eigenvalue weighted by Gasteiger charge is -2.40. The highest BCUT2D eigenvalue weighted by Crippen LogP contribution is 2.40. The van der Waals surface area contributed by atoms with Crippen LogP contribution in [0.15, 0.2) is 24.0 Å². The number of alkyl halides is 2. The Morgan fingerprint density at radius 2 is 2.00 bits per heavy atom. The van der Waals surface area contributed by atoms with E-state index >= 15 is 0 Å². The molecule has 1 aliphatic rings. The van der Waals surface area contributed by atoms with E-state index in [0.29, 0.717) is 0 Å². The topological polar surface area (TPSA) is 20.2 Å². The molecule has 0 aromatic carbocycles. The first kappa shape index (κ1) is 11.2. The quantitative estimate of drug-likeness (QED) is 0.547. The molecule has 4 heteroatoms. The van der Waals surface area contributed by atoms with Crippen LogP contribution < -0.4 is 0 Å². The van der Waals surface area contributed by atoms with Gasteiger partial charge in [-0.2, -0.15) is 0 Å². The molecule has 0 heterocycles. The molecule has 0 saturated heterocycles. The van der Waals surface area contributed by atoms with Crippen molar-refractivity contribution < 1.29 is 5.11 Å². The highest BCUT2D eigenvalue weighted by Gasteiger charge is 2.48. The SMILES string of the molecule is C[Si](C)(C)C1(Cl)C=CC=C(O)C1Cl. The minimum absolute atomic E-state index is 0.168. The molecular weight excluding hydrogens is 223 g/mol. The van der Waals surface area contributed by atoms with E-state index in [9.17, 15) is 5.11 Å². The maximum atomic E-state index is 9.49. The summed E-state index contributed by atoms with van der Waals surface area (Å²) in [5.41, 5.74) is 0. The van der Waals surface area contributed by atoms with Gasteiger partial charge in [-0.3, -0.25) is 0 Å². The Morgan fingerprint density at radius 3 is 2.38 bits per heavy atom. The molecule has 1 aliphatic carbocycles. The van der Waals surface area contributed by atoms with Crippen molar-refractivity contribution in [1.82, 2.24) is 0 Å². The fraction of sp³-hybridized carbons (Fsp3) is 0.556. The molecule has 0 aromatic heterocycles. The predicted octanol–water partition coefficient (Wildman–Crippen LogP) is 3.46. The van der Waals surface area contributed by atoms with E-state index < -0.39 is 17.9 Å². The van der Waals surface area contributed by atoms with Gasteiger partial charge in [-0.1, -0.05) is 31.8 Å². The van der Waals surface area contributed by atoms with Gasteiger partial charge in [0, 0.05) is 0 Å². The van der Waals surface area contributed by atoms with Crippen molar-refractivity contribution in [3.8, 4) is 0 Å². The molecule has 0 fully saturated rings. The van der Waals surface area contributed by atoms with Crippen molar-refractivity contribution in [3.05, 3.63) is 24.0 Å². The largest absolute Gasteiger partial charge is 0.511 e. The summed E-state index contributed by atoms with van der Waals surface area (Å²) in [6.07, 6.45) is 5.27. The fourth-order valence-electron chi connectivity index (χ4n) is 1.30. The van der Waals surface area contributed by atoms with E-state index in [1.807, 2.05) is 6.08 Å². The monoisotopic (exact) mass is 236 g/mol. The number of halogens is 2. The zero-order valence-electron chi connectivity index (χ0n) is 8.01. The summed E-state index contributed by atoms with van der Waals surface area (Å²) in [5, 5.41) is 9.00. The smallest absolute Gasteiger partial charge is 0.112 e. The van der Waals surface area contributed by atoms with Crippen LogP contribution in [0.1, 0.15) is 0 Å². The van der Waals surface area contributed by atoms with Crippen molar-refractivity contribution in [2.24, 2.45) is 0 Å². The van der Waals surface area contributed by atoms with Gasteiger partial charge in [-0.05, 0) is 6.08 Å². The second-order valence-corrected chi connectivity index (χ2v) is 11.0. The van der Waals surface area contributed by atoms with E-state index in [1.54, 1.807) is 12.2 Å². The maximum absolute atomic E-state index is 9.49. The fourth-order valence-corrected chi connectivity index (χ4v) is 4.12. The van der Waals surface area contributed by atoms with Crippen LogP contribution in [0.5, 0.6) is 0 Å². The number of aliphatic hydroxyl groups is 1. The van der Waals surface area contributed by atoms with E-state index in [0.717, 1.165) is 0 Å². The standard InChI is InChI=1S/C9H14Cl2OSi/c1-13(2,3)9(11)6-4-5-7(12)8(9)10/h4-6,8,12H,1-3H3. The van der Waals surface area contributed by atoms with Crippen molar-refractivity contribution in [1.29, 1.82) is 0 Å². The third-order valence-electron chi connectivity index (χ3n) is 2.38. The second-order valence-electron chi connectivity index (χ2n) is 4.33. The van der Waals surface area contributed by atoms with Crippen LogP contribution in [-0.4, -0.2) is 23.1 Å². The molecular formula is C9H14Cl2OSi. The molecule has 0 aliphatic heterocycles. The molecule has 1 nitrogen and oxygen atoms in total. The summed E-state index contributed by atoms with van der Waals surface area (Å²) in [7, 11) is -1.64. The molecule has 2 atom stereocenters. The molecule has 0 amide bonds. The third kappa shape index (κ3) is 1.80. The Hall–Kier alpha value is 0.0769. The first-order chi connectivity index (χ1) is 5.79. The first-order valence-corrected chi connectivity index (χ1v) is 8.52. The second kappa shape index (κ2) is 3.34. The van der Waals surface area contributed by atoms with E-state index in [1.165, 1.54) is 0 Å². The Balaban J connectivity index is 3.07. The van der Waals surface area contributed by atoms with E-state index in [2.05, 4.69) is 19.6 Å². The summed E-state index contributed by atoms with van der Waals surface area (Å²) >= 11 is 12.5. The zero-order valence-corrected chi connectivity index (χ0v) is 10.5. The van der Waals surface area contributed by atoms with Gasteiger partial charge in [0.1, 0.15) is 11.1 Å². The van der Waals surface area contributed by atoms with Gasteiger partial charge >= 0.3 is 0 Å². The van der Waals surface area contributed by atoms with Gasteiger partial charge in [-0.25, -0.2) is 0 Å². The molecule has 2 unspecified atom stereocenters. The van der Waals surface area contributed by atoms with E-state index in [-0.39, 0.29) is 5.76 Å². The number of aliphatic hydroxyl groups excluding tert-OH is 1. The van der Waals surface area contributed by atoms with Crippen molar-refractivity contribution >= 4 is 31.3 Å². The summed E-state index contributed by atoms with van der Waals surface area (Å²) in [4.78, 5) is 0. The van der Waals surface area contributed by atoms with Gasteiger partial charge in [0.25, 0.3) is 0 Å². The van der Waals surface area contributed by atoms with Crippen LogP contribution in [0.3, 0.4) is 0 Å². The molecule has 0 bridgehead atoms. The van der Waals surface area contributed by atoms with Crippen LogP contribution >= 0.6 is 23.2 Å². The van der Waals surface area contributed by atoms with Gasteiger partial charge < -0.3 is 5.11 Å². The minimum atomic E-state index is -1.64. The number of allylic oxidation sites excluding steroid dienone is 4. The number of hydrogen-bond donors (Lipinski definition) is 1. The first-order valence-electron chi connectivity index (χ1n) is 4.20. The molecule has 0 radical (unpaired) electrons. The molecule has 0 spiro atoms. The normalized spacial score (nSPS) is 34.5. The average Bonchev–Trinajstić information content (AvgIpc) is 1.98. The maximum Gasteiger partial charge on any atom is 0.112 e. The van der Waals surface area contributed by atoms with Crippen LogP contribution in [0.2, 0.25) is 19.6 Å². The summed E-state index contributed by atoms with van der Waals surface area (Å²) in [6.45, 7) is 6.41. The predicted molar refractivity (Wildman–Crippen MR) is 61.4 cm³/mol. The Bertz CT molecular complexity index is 267. The Kier molecular flexibility index (Phi) is 2.86. The Labute approximate surface area is 90.1 Å². The van der Waals surface area contributed by atoms with Gasteiger partial charge in [0.05, 0.1) is 12.6 Å². The zero-order chi connectivity index (χ0) is 10.3. The Morgan fingerprint density at radius 1 is 1.46 bits per heavy atom. The lowest BCUT2D eigenvalue weighted by atomic mass is 10.1. The molecule has 0 saturated carbocycles. The molecule has 0 aromatic rings. The molecule has 1 N–H and O–H groups in total. The lowest BCUT2D eigenvalue weighted by molar-refractivity contribution is 0.385. The molecule has 1 rings (SSSR count). The lowest BCUT2D eigenvalue weighted by Crippen LogP contribution is -2.53. The van der Waals surface area contributed by atoms with Crippen LogP contribution in [-0.2, 0) is 0 Å². The van der Waals surface area contributed by atoms with E-state index in [4.69, 9.17) is 23.2 Å². The molecule has 74 valence electrons. The van der Waals surface area contributed by atoms with Gasteiger partial charge in [-0.15, -0.1) is 23.2 Å². The number of rotatable bonds is 1. The van der Waals surface area contributed by atoms with Gasteiger partial charge in [0.15, 0.2) is 0 Å². The minimum Gasteiger partial charge on any atom is -0.511 e. The highest BCUT2D eigenvalue weighted by molar-refractivity contribution is 6.88. The summed E-state index contributed by atoms with van der Waals surface area (Å²) in [5.74, 6) is 0.168. The van der Waals surface area contributed by atoms with Crippen LogP contribution in [0.4, 0.5) is 0 Å². The molecule has 13 heavy (non-hydrogen) atoms. The van der Waals surface area contributed by atoms with Gasteiger partial charge in [0.2, 0.25) is 0 Å². The number of hydrogen-bond acceptors (Lipinski definition) is 1. The summed E-state index contributed by atoms with van der Waals surface area (Å²) in [6, 6.07) is 0. The third-order valence-corrected chi connectivity index (χ3v) is 8.05. The van der Waals surface area contributed by atoms with Crippen LogP contribution in [0, 0.1) is 0 Å². The van der Waals surface area contributed by atoms with Crippen molar-refractivity contribution in [3.63, 3.8) is 0 Å². The van der Waals surface area contributed by atoms with Crippen LogP contribution in [0.25, 0.3) is 0 Å². The summed E-state index contributed by atoms with van der Waals surface area (Å²) < 4.78 is -0.576. The average molecular weight is 237 g/mol. The highest BCUT2D eigenvalue weighted by atomic mass is 35.5. The van der Waals surface area contributed by atoms with Crippen molar-refractivity contribution in [2.75, 3.05) is 0 Å².